The second-order valence-corrected chi connectivity index (χ2v) is 6.91. The maximum absolute atomic E-state index is 10.6. The van der Waals surface area contributed by atoms with Crippen molar-refractivity contribution < 1.29 is 4.79 Å². The summed E-state index contributed by atoms with van der Waals surface area (Å²) in [4.78, 5) is 10.6. The summed E-state index contributed by atoms with van der Waals surface area (Å²) in [5.74, 6) is 5.53. The van der Waals surface area contributed by atoms with Crippen molar-refractivity contribution in [3.8, 4) is 11.8 Å². The van der Waals surface area contributed by atoms with Gasteiger partial charge in [-0.25, -0.2) is 0 Å². The molecule has 0 aromatic heterocycles. The zero-order chi connectivity index (χ0) is 17.0. The van der Waals surface area contributed by atoms with Crippen molar-refractivity contribution in [2.75, 3.05) is 0 Å². The number of carbonyl (C=O) groups is 1. The van der Waals surface area contributed by atoms with Gasteiger partial charge in [-0.1, -0.05) is 109 Å². The van der Waals surface area contributed by atoms with Gasteiger partial charge in [0.15, 0.2) is 0 Å². The number of carbonyl (C=O) groups excluding carboxylic acids is 1. The third-order valence-corrected chi connectivity index (χ3v) is 4.42. The van der Waals surface area contributed by atoms with Crippen molar-refractivity contribution in [2.45, 2.75) is 123 Å². The normalized spacial score (nSPS) is 10.3. The van der Waals surface area contributed by atoms with Crippen molar-refractivity contribution in [1.29, 1.82) is 0 Å². The number of ketones is 1. The van der Waals surface area contributed by atoms with E-state index >= 15 is 0 Å². The third kappa shape index (κ3) is 21.2. The maximum atomic E-state index is 10.6. The van der Waals surface area contributed by atoms with Crippen molar-refractivity contribution in [3.05, 3.63) is 0 Å². The van der Waals surface area contributed by atoms with Gasteiger partial charge in [0.25, 0.3) is 0 Å². The van der Waals surface area contributed by atoms with Crippen molar-refractivity contribution in [1.82, 2.24) is 0 Å². The highest BCUT2D eigenvalue weighted by atomic mass is 16.1. The van der Waals surface area contributed by atoms with Crippen molar-refractivity contribution in [3.63, 3.8) is 0 Å². The van der Waals surface area contributed by atoms with E-state index in [4.69, 9.17) is 0 Å². The molecule has 0 aliphatic heterocycles. The molecule has 23 heavy (non-hydrogen) atoms. The minimum atomic E-state index is -0.0125. The first-order valence-electron chi connectivity index (χ1n) is 10.3. The lowest BCUT2D eigenvalue weighted by molar-refractivity contribution is -0.111. The first kappa shape index (κ1) is 22.2. The van der Waals surface area contributed by atoms with Crippen LogP contribution in [0.5, 0.6) is 0 Å². The predicted molar refractivity (Wildman–Crippen MR) is 103 cm³/mol. The molecule has 0 radical (unpaired) electrons. The van der Waals surface area contributed by atoms with E-state index < -0.39 is 0 Å². The summed E-state index contributed by atoms with van der Waals surface area (Å²) in [5, 5.41) is 0. The van der Waals surface area contributed by atoms with Crippen molar-refractivity contribution >= 4 is 5.78 Å². The topological polar surface area (TPSA) is 17.1 Å². The molecule has 0 rings (SSSR count). The van der Waals surface area contributed by atoms with Crippen LogP contribution >= 0.6 is 0 Å². The van der Waals surface area contributed by atoms with Crippen LogP contribution in [0.4, 0.5) is 0 Å². The minimum Gasteiger partial charge on any atom is -0.285 e. The monoisotopic (exact) mass is 320 g/mol. The lowest BCUT2D eigenvalue weighted by atomic mass is 10.0. The van der Waals surface area contributed by atoms with E-state index in [1.807, 2.05) is 0 Å². The Balaban J connectivity index is 3.03. The van der Waals surface area contributed by atoms with E-state index in [9.17, 15) is 4.79 Å². The standard InChI is InChI=1S/C22H40O/c1-3-4-5-6-7-8-9-10-11-12-13-14-15-16-17-18-19-20-21-22(2)23/h3-19H2,1-2H3. The van der Waals surface area contributed by atoms with Gasteiger partial charge in [0.05, 0.1) is 0 Å². The number of rotatable bonds is 16. The number of hydrogen-bond donors (Lipinski definition) is 0. The van der Waals surface area contributed by atoms with Crippen LogP contribution in [0.2, 0.25) is 0 Å². The summed E-state index contributed by atoms with van der Waals surface area (Å²) in [6.45, 7) is 3.81. The Bertz CT molecular complexity index is 308. The van der Waals surface area contributed by atoms with Gasteiger partial charge in [0.2, 0.25) is 5.78 Å². The molecule has 0 aliphatic rings. The van der Waals surface area contributed by atoms with Crippen LogP contribution in [0, 0.1) is 11.8 Å². The summed E-state index contributed by atoms with van der Waals surface area (Å²) in [7, 11) is 0. The van der Waals surface area contributed by atoms with E-state index in [0.717, 1.165) is 12.8 Å². The van der Waals surface area contributed by atoms with E-state index in [0.29, 0.717) is 0 Å². The first-order valence-corrected chi connectivity index (χ1v) is 10.3. The highest BCUT2D eigenvalue weighted by molar-refractivity contribution is 5.93. The molecule has 0 amide bonds. The second-order valence-electron chi connectivity index (χ2n) is 6.91. The Kier molecular flexibility index (Phi) is 18.6. The Morgan fingerprint density at radius 3 is 1.30 bits per heavy atom. The van der Waals surface area contributed by atoms with Crippen LogP contribution in [-0.2, 0) is 4.79 Å². The maximum Gasteiger partial charge on any atom is 0.202 e. The Morgan fingerprint density at radius 1 is 0.609 bits per heavy atom. The molecule has 0 saturated carbocycles. The SMILES string of the molecule is CCCCCCCCCCCCCCCCCCC#CC(C)=O. The highest BCUT2D eigenvalue weighted by Crippen LogP contribution is 2.13. The van der Waals surface area contributed by atoms with Gasteiger partial charge in [-0.05, 0) is 12.3 Å². The Morgan fingerprint density at radius 2 is 0.957 bits per heavy atom. The highest BCUT2D eigenvalue weighted by Gasteiger charge is 1.94. The summed E-state index contributed by atoms with van der Waals surface area (Å²) in [5.41, 5.74) is 0. The number of hydrogen-bond acceptors (Lipinski definition) is 1. The molecule has 0 bridgehead atoms. The molecule has 0 unspecified atom stereocenters. The van der Waals surface area contributed by atoms with E-state index in [2.05, 4.69) is 18.8 Å². The zero-order valence-electron chi connectivity index (χ0n) is 15.9. The van der Waals surface area contributed by atoms with Crippen LogP contribution in [0.1, 0.15) is 123 Å². The molecular formula is C22H40O. The molecule has 0 aliphatic carbocycles. The first-order chi connectivity index (χ1) is 11.3. The lowest BCUT2D eigenvalue weighted by Gasteiger charge is -2.03. The minimum absolute atomic E-state index is 0.0125. The molecule has 1 heteroatoms. The van der Waals surface area contributed by atoms with Gasteiger partial charge in [0, 0.05) is 13.3 Å². The van der Waals surface area contributed by atoms with E-state index in [1.165, 1.54) is 103 Å². The largest absolute Gasteiger partial charge is 0.285 e. The zero-order valence-corrected chi connectivity index (χ0v) is 15.9. The van der Waals surface area contributed by atoms with Crippen LogP contribution < -0.4 is 0 Å². The van der Waals surface area contributed by atoms with Crippen molar-refractivity contribution in [2.24, 2.45) is 0 Å². The average Bonchev–Trinajstić information content (AvgIpc) is 2.53. The van der Waals surface area contributed by atoms with Gasteiger partial charge in [-0.3, -0.25) is 4.79 Å². The van der Waals surface area contributed by atoms with Gasteiger partial charge in [-0.15, -0.1) is 0 Å². The van der Waals surface area contributed by atoms with Gasteiger partial charge >= 0.3 is 0 Å². The molecule has 0 atom stereocenters. The molecule has 0 fully saturated rings. The molecule has 0 spiro atoms. The fourth-order valence-corrected chi connectivity index (χ4v) is 2.95. The molecule has 0 aromatic rings. The second kappa shape index (κ2) is 19.3. The Labute approximate surface area is 146 Å². The van der Waals surface area contributed by atoms with E-state index in [-0.39, 0.29) is 5.78 Å². The molecule has 0 heterocycles. The predicted octanol–water partition coefficient (Wildman–Crippen LogP) is 7.23. The molecule has 0 N–H and O–H groups in total. The van der Waals surface area contributed by atoms with E-state index in [1.54, 1.807) is 0 Å². The van der Waals surface area contributed by atoms with Crippen LogP contribution in [0.3, 0.4) is 0 Å². The summed E-state index contributed by atoms with van der Waals surface area (Å²) in [6, 6.07) is 0. The fourth-order valence-electron chi connectivity index (χ4n) is 2.95. The quantitative estimate of drug-likeness (QED) is 0.166. The lowest BCUT2D eigenvalue weighted by Crippen LogP contribution is -1.84. The van der Waals surface area contributed by atoms with Crippen LogP contribution in [0.25, 0.3) is 0 Å². The average molecular weight is 321 g/mol. The summed E-state index contributed by atoms with van der Waals surface area (Å²) < 4.78 is 0. The summed E-state index contributed by atoms with van der Waals surface area (Å²) in [6.07, 6.45) is 23.2. The van der Waals surface area contributed by atoms with Crippen LogP contribution in [-0.4, -0.2) is 5.78 Å². The molecule has 1 nitrogen and oxygen atoms in total. The molecule has 0 aromatic carbocycles. The smallest absolute Gasteiger partial charge is 0.202 e. The number of unbranched alkanes of at least 4 members (excludes halogenated alkanes) is 16. The van der Waals surface area contributed by atoms with Gasteiger partial charge < -0.3 is 0 Å². The van der Waals surface area contributed by atoms with Crippen LogP contribution in [0.15, 0.2) is 0 Å². The van der Waals surface area contributed by atoms with Gasteiger partial charge in [-0.2, -0.15) is 0 Å². The number of Topliss-reactive ketones (excluding diaryl/α,β-unsaturated/α-hetero) is 1. The molecule has 134 valence electrons. The third-order valence-electron chi connectivity index (χ3n) is 4.42. The van der Waals surface area contributed by atoms with Gasteiger partial charge in [0.1, 0.15) is 0 Å². The Hall–Kier alpha value is -0.770. The fraction of sp³-hybridized carbons (Fsp3) is 0.864. The molecule has 0 saturated heterocycles. The molecular weight excluding hydrogens is 280 g/mol. The summed E-state index contributed by atoms with van der Waals surface area (Å²) >= 11 is 0.